The Balaban J connectivity index is 2.55. The van der Waals surface area contributed by atoms with Crippen molar-refractivity contribution in [2.24, 2.45) is 7.05 Å². The van der Waals surface area contributed by atoms with Gasteiger partial charge < -0.3 is 9.47 Å². The largest absolute Gasteiger partial charge is 0.318 e. The molecule has 1 aliphatic heterocycles. The first kappa shape index (κ1) is 8.51. The molecular weight excluding hydrogens is 164 g/mol. The number of fused-ring (bicyclic) bond motifs is 1. The summed E-state index contributed by atoms with van der Waals surface area (Å²) < 4.78 is 1.65. The molecule has 0 bridgehead atoms. The molecule has 13 heavy (non-hydrogen) atoms. The van der Waals surface area contributed by atoms with Gasteiger partial charge in [0, 0.05) is 31.9 Å². The lowest BCUT2D eigenvalue weighted by Crippen LogP contribution is -2.33. The molecule has 0 aliphatic carbocycles. The van der Waals surface area contributed by atoms with Gasteiger partial charge >= 0.3 is 0 Å². The minimum Gasteiger partial charge on any atom is -0.318 e. The minimum atomic E-state index is 0.157. The molecule has 3 heteroatoms. The fourth-order valence-electron chi connectivity index (χ4n) is 1.78. The number of pyridine rings is 1. The van der Waals surface area contributed by atoms with Crippen molar-refractivity contribution in [3.05, 3.63) is 33.7 Å². The van der Waals surface area contributed by atoms with E-state index in [1.807, 2.05) is 6.20 Å². The molecule has 2 rings (SSSR count). The van der Waals surface area contributed by atoms with E-state index in [-0.39, 0.29) is 5.56 Å². The van der Waals surface area contributed by atoms with E-state index < -0.39 is 0 Å². The predicted molar refractivity (Wildman–Crippen MR) is 51.7 cm³/mol. The summed E-state index contributed by atoms with van der Waals surface area (Å²) in [5.74, 6) is 0. The van der Waals surface area contributed by atoms with Crippen LogP contribution in [0, 0.1) is 0 Å². The third-order valence-corrected chi connectivity index (χ3v) is 2.66. The highest BCUT2D eigenvalue weighted by atomic mass is 16.1. The summed E-state index contributed by atoms with van der Waals surface area (Å²) in [6.07, 6.45) is 2.86. The van der Waals surface area contributed by atoms with E-state index in [0.29, 0.717) is 0 Å². The number of likely N-dealkylation sites (N-methyl/N-ethyl adjacent to an activating group) is 1. The van der Waals surface area contributed by atoms with Gasteiger partial charge in [-0.3, -0.25) is 4.79 Å². The van der Waals surface area contributed by atoms with E-state index >= 15 is 0 Å². The number of aromatic nitrogens is 1. The van der Waals surface area contributed by atoms with Gasteiger partial charge in [-0.1, -0.05) is 0 Å². The normalized spacial score (nSPS) is 17.1. The third-order valence-electron chi connectivity index (χ3n) is 2.66. The summed E-state index contributed by atoms with van der Waals surface area (Å²) in [6, 6.07) is 2.06. The Bertz CT molecular complexity index is 381. The fourth-order valence-corrected chi connectivity index (χ4v) is 1.78. The molecule has 0 fully saturated rings. The maximum Gasteiger partial charge on any atom is 0.255 e. The van der Waals surface area contributed by atoms with Gasteiger partial charge in [-0.15, -0.1) is 0 Å². The van der Waals surface area contributed by atoms with Gasteiger partial charge in [-0.05, 0) is 25.1 Å². The second-order valence-corrected chi connectivity index (χ2v) is 3.72. The Morgan fingerprint density at radius 2 is 2.15 bits per heavy atom. The van der Waals surface area contributed by atoms with Crippen molar-refractivity contribution in [3.63, 3.8) is 0 Å². The quantitative estimate of drug-likeness (QED) is 0.573. The number of hydrogen-bond donors (Lipinski definition) is 0. The van der Waals surface area contributed by atoms with E-state index in [4.69, 9.17) is 0 Å². The predicted octanol–water partition coefficient (Wildman–Crippen LogP) is 0.373. The monoisotopic (exact) mass is 178 g/mol. The van der Waals surface area contributed by atoms with E-state index in [1.165, 1.54) is 5.56 Å². The molecule has 0 saturated heterocycles. The Hall–Kier alpha value is -1.09. The minimum absolute atomic E-state index is 0.157. The first-order valence-electron chi connectivity index (χ1n) is 4.54. The smallest absolute Gasteiger partial charge is 0.255 e. The topological polar surface area (TPSA) is 25.2 Å². The molecule has 1 aliphatic rings. The van der Waals surface area contributed by atoms with Crippen LogP contribution in [0.15, 0.2) is 17.1 Å². The molecule has 0 aromatic carbocycles. The highest BCUT2D eigenvalue weighted by Crippen LogP contribution is 2.12. The van der Waals surface area contributed by atoms with Gasteiger partial charge in [0.25, 0.3) is 5.56 Å². The summed E-state index contributed by atoms with van der Waals surface area (Å²) in [6.45, 7) is 1.85. The Morgan fingerprint density at radius 3 is 2.92 bits per heavy atom. The SMILES string of the molecule is CN1CCc2ccn(C)c(=O)c2C1. The van der Waals surface area contributed by atoms with Crippen molar-refractivity contribution >= 4 is 0 Å². The van der Waals surface area contributed by atoms with E-state index in [2.05, 4.69) is 18.0 Å². The molecule has 0 unspecified atom stereocenters. The molecule has 0 saturated carbocycles. The molecule has 3 nitrogen and oxygen atoms in total. The van der Waals surface area contributed by atoms with Gasteiger partial charge in [0.05, 0.1) is 0 Å². The van der Waals surface area contributed by atoms with Gasteiger partial charge in [0.15, 0.2) is 0 Å². The van der Waals surface area contributed by atoms with Crippen molar-refractivity contribution < 1.29 is 0 Å². The van der Waals surface area contributed by atoms with E-state index in [9.17, 15) is 4.79 Å². The van der Waals surface area contributed by atoms with Crippen molar-refractivity contribution in [2.45, 2.75) is 13.0 Å². The average Bonchev–Trinajstić information content (AvgIpc) is 2.12. The summed E-state index contributed by atoms with van der Waals surface area (Å²) in [4.78, 5) is 13.9. The van der Waals surface area contributed by atoms with E-state index in [0.717, 1.165) is 25.1 Å². The van der Waals surface area contributed by atoms with Crippen molar-refractivity contribution in [3.8, 4) is 0 Å². The molecule has 70 valence electrons. The van der Waals surface area contributed by atoms with Crippen LogP contribution in [0.3, 0.4) is 0 Å². The number of aryl methyl sites for hydroxylation is 1. The Labute approximate surface area is 77.6 Å². The Kier molecular flexibility index (Phi) is 1.96. The molecule has 0 N–H and O–H groups in total. The maximum atomic E-state index is 11.7. The first-order valence-corrected chi connectivity index (χ1v) is 4.54. The number of nitrogens with zero attached hydrogens (tertiary/aromatic N) is 2. The molecule has 1 aromatic rings. The van der Waals surface area contributed by atoms with Gasteiger partial charge in [0.1, 0.15) is 0 Å². The Morgan fingerprint density at radius 1 is 1.38 bits per heavy atom. The fraction of sp³-hybridized carbons (Fsp3) is 0.500. The van der Waals surface area contributed by atoms with Crippen LogP contribution in [-0.2, 0) is 20.0 Å². The number of hydrogen-bond acceptors (Lipinski definition) is 2. The maximum absolute atomic E-state index is 11.7. The number of rotatable bonds is 0. The molecule has 0 amide bonds. The van der Waals surface area contributed by atoms with Crippen LogP contribution in [0.5, 0.6) is 0 Å². The lowest BCUT2D eigenvalue weighted by molar-refractivity contribution is 0.310. The summed E-state index contributed by atoms with van der Waals surface area (Å²) >= 11 is 0. The van der Waals surface area contributed by atoms with Crippen LogP contribution in [0.25, 0.3) is 0 Å². The van der Waals surface area contributed by atoms with Crippen LogP contribution >= 0.6 is 0 Å². The molecule has 0 radical (unpaired) electrons. The summed E-state index contributed by atoms with van der Waals surface area (Å²) in [5, 5.41) is 0. The first-order chi connectivity index (χ1) is 6.18. The highest BCUT2D eigenvalue weighted by Gasteiger charge is 2.16. The summed E-state index contributed by atoms with van der Waals surface area (Å²) in [7, 11) is 3.85. The second-order valence-electron chi connectivity index (χ2n) is 3.72. The highest BCUT2D eigenvalue weighted by molar-refractivity contribution is 5.26. The zero-order valence-electron chi connectivity index (χ0n) is 8.08. The van der Waals surface area contributed by atoms with Crippen molar-refractivity contribution in [1.29, 1.82) is 0 Å². The third kappa shape index (κ3) is 1.40. The lowest BCUT2D eigenvalue weighted by Gasteiger charge is -2.24. The second kappa shape index (κ2) is 3.00. The van der Waals surface area contributed by atoms with Crippen molar-refractivity contribution in [2.75, 3.05) is 13.6 Å². The van der Waals surface area contributed by atoms with Crippen molar-refractivity contribution in [1.82, 2.24) is 9.47 Å². The zero-order chi connectivity index (χ0) is 9.42. The molecule has 1 aromatic heterocycles. The summed E-state index contributed by atoms with van der Waals surface area (Å²) in [5.41, 5.74) is 2.35. The molecular formula is C10H14N2O. The van der Waals surface area contributed by atoms with Crippen LogP contribution < -0.4 is 5.56 Å². The zero-order valence-corrected chi connectivity index (χ0v) is 8.08. The van der Waals surface area contributed by atoms with Crippen LogP contribution in [-0.4, -0.2) is 23.1 Å². The van der Waals surface area contributed by atoms with Crippen LogP contribution in [0.4, 0.5) is 0 Å². The van der Waals surface area contributed by atoms with Gasteiger partial charge in [0.2, 0.25) is 0 Å². The van der Waals surface area contributed by atoms with Crippen LogP contribution in [0.1, 0.15) is 11.1 Å². The standard InChI is InChI=1S/C10H14N2O/c1-11-5-3-8-4-6-12(2)10(13)9(8)7-11/h4,6H,3,5,7H2,1-2H3. The average molecular weight is 178 g/mol. The molecule has 0 spiro atoms. The molecule has 0 atom stereocenters. The molecule has 2 heterocycles. The van der Waals surface area contributed by atoms with Gasteiger partial charge in [-0.25, -0.2) is 0 Å². The van der Waals surface area contributed by atoms with Crippen LogP contribution in [0.2, 0.25) is 0 Å². The van der Waals surface area contributed by atoms with Gasteiger partial charge in [-0.2, -0.15) is 0 Å². The van der Waals surface area contributed by atoms with E-state index in [1.54, 1.807) is 11.6 Å². The lowest BCUT2D eigenvalue weighted by atomic mass is 10.0.